The fraction of sp³-hybridized carbons (Fsp3) is 0.643. The number of likely N-dealkylation sites (tertiary alicyclic amines) is 1. The topological polar surface area (TPSA) is 71.5 Å². The minimum absolute atomic E-state index is 0.294. The summed E-state index contributed by atoms with van der Waals surface area (Å²) in [6, 6.07) is 1.80. The molecule has 3 N–H and O–H groups in total. The molecule has 0 saturated carbocycles. The summed E-state index contributed by atoms with van der Waals surface area (Å²) >= 11 is 0. The first-order chi connectivity index (χ1) is 9.13. The number of hydrogen-bond donors (Lipinski definition) is 2. The van der Waals surface area contributed by atoms with Gasteiger partial charge in [-0.15, -0.1) is 0 Å². The Bertz CT molecular complexity index is 434. The van der Waals surface area contributed by atoms with E-state index in [0.717, 1.165) is 31.3 Å². The lowest BCUT2D eigenvalue weighted by atomic mass is 9.94. The Morgan fingerprint density at radius 3 is 2.79 bits per heavy atom. The summed E-state index contributed by atoms with van der Waals surface area (Å²) in [7, 11) is 0. The van der Waals surface area contributed by atoms with Gasteiger partial charge in [-0.2, -0.15) is 0 Å². The molecule has 1 saturated heterocycles. The molecule has 0 bridgehead atoms. The number of hydrogen-bond acceptors (Lipinski definition) is 4. The lowest BCUT2D eigenvalue weighted by molar-refractivity contribution is 0.0952. The van der Waals surface area contributed by atoms with Gasteiger partial charge in [-0.25, -0.2) is 5.84 Å². The number of aryl methyl sites for hydroxylation is 1. The second-order valence-corrected chi connectivity index (χ2v) is 5.28. The largest absolute Gasteiger partial charge is 0.464 e. The van der Waals surface area contributed by atoms with Crippen LogP contribution >= 0.6 is 0 Å². The number of carbonyl (C=O) groups excluding carboxylic acids is 1. The smallest absolute Gasteiger partial charge is 0.268 e. The van der Waals surface area contributed by atoms with Gasteiger partial charge in [-0.05, 0) is 44.8 Å². The summed E-state index contributed by atoms with van der Waals surface area (Å²) in [4.78, 5) is 13.9. The standard InChI is InChI=1S/C14H23N3O2/c1-3-11-4-6-17(7-5-11)9-12-8-13(10(2)19-12)14(18)16-15/h8,11H,3-7,9,15H2,1-2H3,(H,16,18). The highest BCUT2D eigenvalue weighted by molar-refractivity contribution is 5.94. The van der Waals surface area contributed by atoms with Crippen LogP contribution in [0.15, 0.2) is 10.5 Å². The Morgan fingerprint density at radius 2 is 2.21 bits per heavy atom. The molecule has 19 heavy (non-hydrogen) atoms. The van der Waals surface area contributed by atoms with Crippen LogP contribution in [0.5, 0.6) is 0 Å². The van der Waals surface area contributed by atoms with Crippen molar-refractivity contribution in [3.8, 4) is 0 Å². The third kappa shape index (κ3) is 3.36. The first-order valence-electron chi connectivity index (χ1n) is 6.96. The zero-order chi connectivity index (χ0) is 13.8. The number of carbonyl (C=O) groups is 1. The van der Waals surface area contributed by atoms with Crippen LogP contribution in [0, 0.1) is 12.8 Å². The fourth-order valence-corrected chi connectivity index (χ4v) is 2.70. The number of piperidine rings is 1. The molecule has 1 amide bonds. The number of nitrogens with zero attached hydrogens (tertiary/aromatic N) is 1. The number of nitrogens with two attached hydrogens (primary N) is 1. The lowest BCUT2D eigenvalue weighted by Crippen LogP contribution is -2.33. The van der Waals surface area contributed by atoms with Crippen LogP contribution in [-0.2, 0) is 6.54 Å². The van der Waals surface area contributed by atoms with Gasteiger partial charge in [0.15, 0.2) is 0 Å². The van der Waals surface area contributed by atoms with E-state index in [2.05, 4.69) is 17.2 Å². The first kappa shape index (κ1) is 14.1. The highest BCUT2D eigenvalue weighted by atomic mass is 16.3. The molecule has 0 spiro atoms. The number of nitrogen functional groups attached to an aromatic ring is 1. The summed E-state index contributed by atoms with van der Waals surface area (Å²) in [6.07, 6.45) is 3.78. The second kappa shape index (κ2) is 6.21. The minimum atomic E-state index is -0.294. The molecule has 5 nitrogen and oxygen atoms in total. The monoisotopic (exact) mass is 265 g/mol. The normalized spacial score (nSPS) is 17.6. The van der Waals surface area contributed by atoms with Crippen LogP contribution in [0.2, 0.25) is 0 Å². The molecule has 106 valence electrons. The number of rotatable bonds is 4. The molecule has 2 rings (SSSR count). The van der Waals surface area contributed by atoms with E-state index in [9.17, 15) is 4.79 Å². The van der Waals surface area contributed by atoms with E-state index in [0.29, 0.717) is 11.3 Å². The van der Waals surface area contributed by atoms with Crippen LogP contribution in [0.1, 0.15) is 48.1 Å². The van der Waals surface area contributed by atoms with Crippen LogP contribution < -0.4 is 11.3 Å². The summed E-state index contributed by atoms with van der Waals surface area (Å²) < 4.78 is 5.64. The second-order valence-electron chi connectivity index (χ2n) is 5.28. The average Bonchev–Trinajstić information content (AvgIpc) is 2.79. The number of hydrazine groups is 1. The Hall–Kier alpha value is -1.33. The highest BCUT2D eigenvalue weighted by Gasteiger charge is 2.20. The summed E-state index contributed by atoms with van der Waals surface area (Å²) in [5, 5.41) is 0. The van der Waals surface area contributed by atoms with Gasteiger partial charge in [0.2, 0.25) is 0 Å². The van der Waals surface area contributed by atoms with Crippen LogP contribution in [0.4, 0.5) is 0 Å². The van der Waals surface area contributed by atoms with Crippen molar-refractivity contribution in [3.05, 3.63) is 23.2 Å². The molecule has 1 aromatic heterocycles. The zero-order valence-electron chi connectivity index (χ0n) is 11.7. The predicted octanol–water partition coefficient (Wildman–Crippen LogP) is 1.81. The average molecular weight is 265 g/mol. The molecule has 0 atom stereocenters. The van der Waals surface area contributed by atoms with Crippen LogP contribution in [-0.4, -0.2) is 23.9 Å². The van der Waals surface area contributed by atoms with Gasteiger partial charge >= 0.3 is 0 Å². The van der Waals surface area contributed by atoms with Crippen molar-refractivity contribution in [2.75, 3.05) is 13.1 Å². The molecule has 2 heterocycles. The van der Waals surface area contributed by atoms with E-state index >= 15 is 0 Å². The van der Waals surface area contributed by atoms with Crippen molar-refractivity contribution in [2.24, 2.45) is 11.8 Å². The van der Waals surface area contributed by atoms with Gasteiger partial charge in [0.25, 0.3) is 5.91 Å². The maximum Gasteiger partial charge on any atom is 0.268 e. The number of nitrogens with one attached hydrogen (secondary N) is 1. The molecule has 0 aliphatic carbocycles. The lowest BCUT2D eigenvalue weighted by Gasteiger charge is -2.30. The summed E-state index contributed by atoms with van der Waals surface area (Å²) in [6.45, 7) is 7.04. The summed E-state index contributed by atoms with van der Waals surface area (Å²) in [5.41, 5.74) is 2.67. The Balaban J connectivity index is 1.95. The van der Waals surface area contributed by atoms with E-state index < -0.39 is 0 Å². The van der Waals surface area contributed by atoms with E-state index in [1.165, 1.54) is 19.3 Å². The number of amides is 1. The van der Waals surface area contributed by atoms with Crippen LogP contribution in [0.25, 0.3) is 0 Å². The third-order valence-electron chi connectivity index (χ3n) is 4.01. The highest BCUT2D eigenvalue weighted by Crippen LogP contribution is 2.22. The Labute approximate surface area is 114 Å². The molecular weight excluding hydrogens is 242 g/mol. The first-order valence-corrected chi connectivity index (χ1v) is 6.96. The molecule has 1 aliphatic heterocycles. The summed E-state index contributed by atoms with van der Waals surface area (Å²) in [5.74, 6) is 7.19. The predicted molar refractivity (Wildman–Crippen MR) is 73.4 cm³/mol. The van der Waals surface area contributed by atoms with E-state index in [-0.39, 0.29) is 5.91 Å². The molecule has 1 aromatic rings. The maximum atomic E-state index is 11.5. The Kier molecular flexibility index (Phi) is 4.61. The molecule has 0 unspecified atom stereocenters. The molecule has 0 aromatic carbocycles. The quantitative estimate of drug-likeness (QED) is 0.495. The molecule has 1 aliphatic rings. The minimum Gasteiger partial charge on any atom is -0.464 e. The molecule has 0 radical (unpaired) electrons. The Morgan fingerprint density at radius 1 is 1.53 bits per heavy atom. The van der Waals surface area contributed by atoms with Crippen molar-refractivity contribution in [1.29, 1.82) is 0 Å². The van der Waals surface area contributed by atoms with Crippen LogP contribution in [0.3, 0.4) is 0 Å². The van der Waals surface area contributed by atoms with E-state index in [1.54, 1.807) is 13.0 Å². The fourth-order valence-electron chi connectivity index (χ4n) is 2.70. The molecule has 1 fully saturated rings. The van der Waals surface area contributed by atoms with Gasteiger partial charge in [0.1, 0.15) is 11.5 Å². The van der Waals surface area contributed by atoms with E-state index in [4.69, 9.17) is 10.3 Å². The maximum absolute atomic E-state index is 11.5. The van der Waals surface area contributed by atoms with Gasteiger partial charge in [-0.3, -0.25) is 15.1 Å². The van der Waals surface area contributed by atoms with Gasteiger partial charge in [-0.1, -0.05) is 13.3 Å². The van der Waals surface area contributed by atoms with Gasteiger partial charge in [0.05, 0.1) is 12.1 Å². The van der Waals surface area contributed by atoms with Gasteiger partial charge in [0, 0.05) is 0 Å². The van der Waals surface area contributed by atoms with Crippen molar-refractivity contribution < 1.29 is 9.21 Å². The number of furan rings is 1. The van der Waals surface area contributed by atoms with E-state index in [1.807, 2.05) is 0 Å². The SMILES string of the molecule is CCC1CCN(Cc2cc(C(=O)NN)c(C)o2)CC1. The van der Waals surface area contributed by atoms with Crippen molar-refractivity contribution in [2.45, 2.75) is 39.7 Å². The van der Waals surface area contributed by atoms with Crippen molar-refractivity contribution >= 4 is 5.91 Å². The third-order valence-corrected chi connectivity index (χ3v) is 4.01. The zero-order valence-corrected chi connectivity index (χ0v) is 11.7. The van der Waals surface area contributed by atoms with Crippen molar-refractivity contribution in [1.82, 2.24) is 10.3 Å². The molecule has 5 heteroatoms. The van der Waals surface area contributed by atoms with Crippen molar-refractivity contribution in [3.63, 3.8) is 0 Å². The molecular formula is C14H23N3O2. The van der Waals surface area contributed by atoms with Gasteiger partial charge < -0.3 is 4.42 Å².